The van der Waals surface area contributed by atoms with Gasteiger partial charge in [-0.3, -0.25) is 9.36 Å². The van der Waals surface area contributed by atoms with Crippen molar-refractivity contribution >= 4 is 16.8 Å². The summed E-state index contributed by atoms with van der Waals surface area (Å²) >= 11 is 0. The van der Waals surface area contributed by atoms with Crippen molar-refractivity contribution in [1.29, 1.82) is 0 Å². The first kappa shape index (κ1) is 17.0. The van der Waals surface area contributed by atoms with E-state index in [-0.39, 0.29) is 11.6 Å². The first-order valence-electron chi connectivity index (χ1n) is 8.46. The van der Waals surface area contributed by atoms with Crippen LogP contribution < -0.4 is 10.9 Å². The molecule has 0 fully saturated rings. The lowest BCUT2D eigenvalue weighted by atomic mass is 9.95. The third-order valence-corrected chi connectivity index (χ3v) is 4.65. The van der Waals surface area contributed by atoms with E-state index in [0.717, 1.165) is 17.4 Å². The zero-order chi connectivity index (χ0) is 18.1. The number of carbonyl (C=O) groups excluding carboxylic acids is 1. The van der Waals surface area contributed by atoms with Crippen molar-refractivity contribution in [2.45, 2.75) is 27.2 Å². The van der Waals surface area contributed by atoms with Crippen LogP contribution in [0.1, 0.15) is 29.2 Å². The molecule has 2 heterocycles. The summed E-state index contributed by atoms with van der Waals surface area (Å²) in [5.41, 5.74) is 4.66. The Kier molecular flexibility index (Phi) is 4.49. The van der Waals surface area contributed by atoms with Crippen LogP contribution in [0.5, 0.6) is 0 Å². The third kappa shape index (κ3) is 3.09. The molecule has 0 bridgehead atoms. The molecule has 1 aromatic carbocycles. The van der Waals surface area contributed by atoms with E-state index in [1.807, 2.05) is 13.1 Å². The highest BCUT2D eigenvalue weighted by atomic mass is 16.2. The van der Waals surface area contributed by atoms with Crippen molar-refractivity contribution in [3.63, 3.8) is 0 Å². The van der Waals surface area contributed by atoms with Gasteiger partial charge in [0.15, 0.2) is 0 Å². The molecule has 0 aliphatic heterocycles. The molecule has 0 saturated heterocycles. The van der Waals surface area contributed by atoms with Crippen LogP contribution in [-0.4, -0.2) is 21.7 Å². The average Bonchev–Trinajstić information content (AvgIpc) is 3.02. The molecule has 3 rings (SSSR count). The molecule has 0 spiro atoms. The van der Waals surface area contributed by atoms with Gasteiger partial charge in [0.25, 0.3) is 5.56 Å². The molecule has 25 heavy (non-hydrogen) atoms. The number of hydrogen-bond donors (Lipinski definition) is 1. The van der Waals surface area contributed by atoms with Gasteiger partial charge in [0.2, 0.25) is 0 Å². The summed E-state index contributed by atoms with van der Waals surface area (Å²) in [6.07, 6.45) is 5.97. The number of benzene rings is 1. The molecular formula is C20H23N3O2. The van der Waals surface area contributed by atoms with E-state index in [0.29, 0.717) is 11.9 Å². The number of rotatable bonds is 3. The molecule has 0 aliphatic rings. The Morgan fingerprint density at radius 2 is 1.72 bits per heavy atom. The van der Waals surface area contributed by atoms with Crippen molar-refractivity contribution in [1.82, 2.24) is 14.5 Å². The molecule has 2 aromatic heterocycles. The predicted molar refractivity (Wildman–Crippen MR) is 100 cm³/mol. The van der Waals surface area contributed by atoms with Crippen LogP contribution in [0.4, 0.5) is 4.79 Å². The second kappa shape index (κ2) is 6.59. The minimum absolute atomic E-state index is 0.0942. The van der Waals surface area contributed by atoms with Gasteiger partial charge in [-0.05, 0) is 43.0 Å². The van der Waals surface area contributed by atoms with E-state index in [2.05, 4.69) is 37.4 Å². The lowest BCUT2D eigenvalue weighted by Gasteiger charge is -2.11. The maximum absolute atomic E-state index is 12.5. The summed E-state index contributed by atoms with van der Waals surface area (Å²) in [6.45, 7) is 6.61. The van der Waals surface area contributed by atoms with E-state index in [9.17, 15) is 9.59 Å². The van der Waals surface area contributed by atoms with Crippen LogP contribution in [0.2, 0.25) is 0 Å². The molecule has 5 heteroatoms. The molecule has 0 radical (unpaired) electrons. The smallest absolute Gasteiger partial charge is 0.325 e. The van der Waals surface area contributed by atoms with Gasteiger partial charge in [-0.2, -0.15) is 0 Å². The van der Waals surface area contributed by atoms with Crippen molar-refractivity contribution in [2.75, 3.05) is 6.54 Å². The monoisotopic (exact) mass is 337 g/mol. The maximum Gasteiger partial charge on any atom is 0.325 e. The molecule has 0 aliphatic carbocycles. The fourth-order valence-electron chi connectivity index (χ4n) is 3.25. The minimum atomic E-state index is -0.223. The average molecular weight is 337 g/mol. The molecule has 0 unspecified atom stereocenters. The number of fused-ring (bicyclic) bond motifs is 1. The number of amides is 1. The molecule has 1 amide bonds. The van der Waals surface area contributed by atoms with Gasteiger partial charge in [0.1, 0.15) is 0 Å². The number of aryl methyl sites for hydroxylation is 3. The van der Waals surface area contributed by atoms with Gasteiger partial charge < -0.3 is 9.88 Å². The Bertz CT molecular complexity index is 991. The molecule has 1 N–H and O–H groups in total. The topological polar surface area (TPSA) is 56.0 Å². The van der Waals surface area contributed by atoms with Crippen LogP contribution in [0.3, 0.4) is 0 Å². The van der Waals surface area contributed by atoms with Crippen molar-refractivity contribution in [2.24, 2.45) is 7.05 Å². The number of aromatic nitrogens is 2. The molecular weight excluding hydrogens is 314 g/mol. The van der Waals surface area contributed by atoms with Gasteiger partial charge in [-0.1, -0.05) is 18.2 Å². The van der Waals surface area contributed by atoms with Crippen LogP contribution in [0, 0.1) is 13.8 Å². The summed E-state index contributed by atoms with van der Waals surface area (Å²) in [7, 11) is 1.75. The van der Waals surface area contributed by atoms with Gasteiger partial charge in [0.05, 0.1) is 5.39 Å². The molecule has 5 nitrogen and oxygen atoms in total. The van der Waals surface area contributed by atoms with Gasteiger partial charge in [-0.25, -0.2) is 4.79 Å². The fourth-order valence-corrected chi connectivity index (χ4v) is 3.25. The Balaban J connectivity index is 2.16. The van der Waals surface area contributed by atoms with Gasteiger partial charge in [0, 0.05) is 44.0 Å². The summed E-state index contributed by atoms with van der Waals surface area (Å²) in [6, 6.07) is 6.03. The number of carbonyl (C=O) groups is 1. The van der Waals surface area contributed by atoms with Gasteiger partial charge in [-0.15, -0.1) is 0 Å². The highest BCUT2D eigenvalue weighted by Crippen LogP contribution is 2.23. The normalized spacial score (nSPS) is 11.0. The van der Waals surface area contributed by atoms with E-state index in [1.54, 1.807) is 24.0 Å². The molecule has 0 saturated carbocycles. The third-order valence-electron chi connectivity index (χ3n) is 4.65. The quantitative estimate of drug-likeness (QED) is 0.798. The Morgan fingerprint density at radius 3 is 2.36 bits per heavy atom. The van der Waals surface area contributed by atoms with Crippen molar-refractivity contribution in [3.8, 4) is 0 Å². The Hall–Kier alpha value is -2.82. The predicted octanol–water partition coefficient (Wildman–Crippen LogP) is 3.13. The van der Waals surface area contributed by atoms with Crippen LogP contribution >= 0.6 is 0 Å². The largest absolute Gasteiger partial charge is 0.338 e. The summed E-state index contributed by atoms with van der Waals surface area (Å²) in [4.78, 5) is 24.6. The lowest BCUT2D eigenvalue weighted by molar-refractivity contribution is 0.243. The Labute approximate surface area is 146 Å². The van der Waals surface area contributed by atoms with Crippen LogP contribution in [0.25, 0.3) is 10.8 Å². The van der Waals surface area contributed by atoms with Crippen LogP contribution in [-0.2, 0) is 13.5 Å². The molecule has 0 atom stereocenters. The molecule has 3 aromatic rings. The van der Waals surface area contributed by atoms with E-state index in [4.69, 9.17) is 0 Å². The summed E-state index contributed by atoms with van der Waals surface area (Å²) in [5, 5.41) is 4.16. The lowest BCUT2D eigenvalue weighted by Crippen LogP contribution is -2.27. The second-order valence-electron chi connectivity index (χ2n) is 6.45. The number of nitrogens with zero attached hydrogens (tertiary/aromatic N) is 2. The fraction of sp³-hybridized carbons (Fsp3) is 0.300. The zero-order valence-corrected chi connectivity index (χ0v) is 15.1. The van der Waals surface area contributed by atoms with Crippen molar-refractivity contribution in [3.05, 3.63) is 69.4 Å². The highest BCUT2D eigenvalue weighted by Gasteiger charge is 2.14. The standard InChI is InChI=1S/C20H23N3O2/c1-5-21-20(25)23-11-17-15(10-22(4)19(24)18(17)12-23)9-16-13(2)7-6-8-14(16)3/h6-8,10-12H,5,9H2,1-4H3,(H,21,25). The van der Waals surface area contributed by atoms with E-state index < -0.39 is 0 Å². The maximum atomic E-state index is 12.5. The van der Waals surface area contributed by atoms with Gasteiger partial charge >= 0.3 is 6.03 Å². The first-order chi connectivity index (χ1) is 11.9. The van der Waals surface area contributed by atoms with Crippen molar-refractivity contribution < 1.29 is 4.79 Å². The van der Waals surface area contributed by atoms with E-state index in [1.165, 1.54) is 21.3 Å². The highest BCUT2D eigenvalue weighted by molar-refractivity contribution is 5.90. The second-order valence-corrected chi connectivity index (χ2v) is 6.45. The number of pyridine rings is 1. The first-order valence-corrected chi connectivity index (χ1v) is 8.46. The summed E-state index contributed by atoms with van der Waals surface area (Å²) in [5.74, 6) is 0. The SMILES string of the molecule is CCNC(=O)n1cc2c(Cc3c(C)cccc3C)cn(C)c(=O)c2c1. The van der Waals surface area contributed by atoms with E-state index >= 15 is 0 Å². The number of nitrogens with one attached hydrogen (secondary N) is 1. The summed E-state index contributed by atoms with van der Waals surface area (Å²) < 4.78 is 3.05. The Morgan fingerprint density at radius 1 is 1.08 bits per heavy atom. The number of hydrogen-bond acceptors (Lipinski definition) is 2. The molecule has 130 valence electrons. The minimum Gasteiger partial charge on any atom is -0.338 e. The zero-order valence-electron chi connectivity index (χ0n) is 15.1. The van der Waals surface area contributed by atoms with Crippen LogP contribution in [0.15, 0.2) is 41.6 Å².